The molecule has 0 spiro atoms. The Morgan fingerprint density at radius 1 is 1.38 bits per heavy atom. The first-order valence-corrected chi connectivity index (χ1v) is 5.18. The van der Waals surface area contributed by atoms with Crippen molar-refractivity contribution in [3.05, 3.63) is 50.5 Å². The van der Waals surface area contributed by atoms with Crippen molar-refractivity contribution in [3.8, 4) is 11.6 Å². The van der Waals surface area contributed by atoms with Crippen LogP contribution in [0.2, 0.25) is 5.02 Å². The van der Waals surface area contributed by atoms with E-state index in [-0.39, 0.29) is 10.7 Å². The number of aromatic amines is 1. The Labute approximate surface area is 101 Å². The largest absolute Gasteiger partial charge is 0.494 e. The fraction of sp³-hybridized carbons (Fsp3) is 0. The van der Waals surface area contributed by atoms with Gasteiger partial charge in [0.15, 0.2) is 4.77 Å². The normalized spacial score (nSPS) is 10.3. The van der Waals surface area contributed by atoms with Crippen LogP contribution in [-0.4, -0.2) is 14.7 Å². The lowest BCUT2D eigenvalue weighted by molar-refractivity contribution is 0.433. The summed E-state index contributed by atoms with van der Waals surface area (Å²) in [5.41, 5.74) is 0.0636. The van der Waals surface area contributed by atoms with Gasteiger partial charge >= 0.3 is 0 Å². The summed E-state index contributed by atoms with van der Waals surface area (Å²) in [6, 6.07) is 7.92. The molecule has 0 saturated carbocycles. The predicted octanol–water partition coefficient (Wildman–Crippen LogP) is 2.25. The lowest BCUT2D eigenvalue weighted by Gasteiger charge is -2.09. The molecule has 1 aromatic heterocycles. The van der Waals surface area contributed by atoms with Gasteiger partial charge in [-0.3, -0.25) is 14.3 Å². The Balaban J connectivity index is 2.80. The van der Waals surface area contributed by atoms with E-state index in [1.807, 2.05) is 0 Å². The predicted molar refractivity (Wildman–Crippen MR) is 63.9 cm³/mol. The molecule has 2 rings (SSSR count). The van der Waals surface area contributed by atoms with Crippen LogP contribution >= 0.6 is 23.8 Å². The van der Waals surface area contributed by atoms with E-state index in [1.165, 1.54) is 4.57 Å². The smallest absolute Gasteiger partial charge is 0.255 e. The monoisotopic (exact) mass is 254 g/mol. The number of halogens is 1. The summed E-state index contributed by atoms with van der Waals surface area (Å²) < 4.78 is 1.39. The third-order valence-corrected chi connectivity index (χ3v) is 2.62. The van der Waals surface area contributed by atoms with Crippen molar-refractivity contribution in [3.63, 3.8) is 0 Å². The van der Waals surface area contributed by atoms with Crippen molar-refractivity contribution in [2.24, 2.45) is 0 Å². The molecular formula is C10H7ClN2O2S. The third-order valence-electron chi connectivity index (χ3n) is 2.02. The van der Waals surface area contributed by atoms with E-state index in [0.717, 1.165) is 6.07 Å². The van der Waals surface area contributed by atoms with Gasteiger partial charge in [-0.15, -0.1) is 0 Å². The molecule has 0 aliphatic rings. The highest BCUT2D eigenvalue weighted by Crippen LogP contribution is 2.23. The standard InChI is InChI=1S/C10H7ClN2O2S/c11-6-3-1-2-4-7(6)13-9(15)5-8(14)12-10(13)16/h1-5,15H,(H,12,14,16). The lowest BCUT2D eigenvalue weighted by atomic mass is 10.3. The van der Waals surface area contributed by atoms with Crippen molar-refractivity contribution in [2.75, 3.05) is 0 Å². The molecule has 0 unspecified atom stereocenters. The molecule has 2 N–H and O–H groups in total. The highest BCUT2D eigenvalue weighted by Gasteiger charge is 2.07. The van der Waals surface area contributed by atoms with Crippen molar-refractivity contribution >= 4 is 23.8 Å². The van der Waals surface area contributed by atoms with Crippen LogP contribution < -0.4 is 5.56 Å². The Kier molecular flexibility index (Phi) is 2.80. The number of aromatic hydroxyl groups is 1. The van der Waals surface area contributed by atoms with Gasteiger partial charge < -0.3 is 5.11 Å². The number of rotatable bonds is 1. The molecule has 2 aromatic rings. The molecule has 0 radical (unpaired) electrons. The summed E-state index contributed by atoms with van der Waals surface area (Å²) >= 11 is 10.9. The maximum absolute atomic E-state index is 11.1. The molecule has 0 bridgehead atoms. The third kappa shape index (κ3) is 1.87. The number of hydrogen-bond acceptors (Lipinski definition) is 3. The molecule has 6 heteroatoms. The van der Waals surface area contributed by atoms with Crippen LogP contribution in [0.15, 0.2) is 35.1 Å². The van der Waals surface area contributed by atoms with E-state index in [2.05, 4.69) is 4.98 Å². The molecule has 0 fully saturated rings. The summed E-state index contributed by atoms with van der Waals surface area (Å²) in [5, 5.41) is 10.1. The van der Waals surface area contributed by atoms with Gasteiger partial charge in [0.05, 0.1) is 16.8 Å². The van der Waals surface area contributed by atoms with Crippen LogP contribution in [0.3, 0.4) is 0 Å². The van der Waals surface area contributed by atoms with Gasteiger partial charge in [-0.2, -0.15) is 0 Å². The Morgan fingerprint density at radius 2 is 2.06 bits per heavy atom. The van der Waals surface area contributed by atoms with Crippen molar-refractivity contribution < 1.29 is 5.11 Å². The second-order valence-electron chi connectivity index (χ2n) is 3.08. The topological polar surface area (TPSA) is 58.0 Å². The van der Waals surface area contributed by atoms with Crippen molar-refractivity contribution in [1.82, 2.24) is 9.55 Å². The Morgan fingerprint density at radius 3 is 2.69 bits per heavy atom. The Bertz CT molecular complexity index is 648. The molecule has 0 saturated heterocycles. The molecule has 1 heterocycles. The lowest BCUT2D eigenvalue weighted by Crippen LogP contribution is -2.11. The highest BCUT2D eigenvalue weighted by molar-refractivity contribution is 7.71. The molecule has 0 aliphatic heterocycles. The van der Waals surface area contributed by atoms with Crippen LogP contribution in [0.4, 0.5) is 0 Å². The summed E-state index contributed by atoms with van der Waals surface area (Å²) in [5.74, 6) is -0.248. The maximum atomic E-state index is 11.1. The van der Waals surface area contributed by atoms with Gasteiger partial charge in [0.2, 0.25) is 5.88 Å². The van der Waals surface area contributed by atoms with Gasteiger partial charge in [0.25, 0.3) is 5.56 Å². The summed E-state index contributed by atoms with van der Waals surface area (Å²) in [7, 11) is 0. The molecule has 4 nitrogen and oxygen atoms in total. The second kappa shape index (κ2) is 4.11. The molecule has 0 atom stereocenters. The first-order valence-electron chi connectivity index (χ1n) is 4.40. The van der Waals surface area contributed by atoms with E-state index in [9.17, 15) is 9.90 Å². The molecule has 0 aliphatic carbocycles. The first-order chi connectivity index (χ1) is 7.59. The number of H-pyrrole nitrogens is 1. The van der Waals surface area contributed by atoms with Gasteiger partial charge in [0.1, 0.15) is 0 Å². The van der Waals surface area contributed by atoms with E-state index in [0.29, 0.717) is 10.7 Å². The molecule has 1 aromatic carbocycles. The number of hydrogen-bond donors (Lipinski definition) is 2. The zero-order valence-electron chi connectivity index (χ0n) is 7.98. The number of benzene rings is 1. The van der Waals surface area contributed by atoms with Crippen LogP contribution in [0.1, 0.15) is 0 Å². The minimum atomic E-state index is -0.453. The molecular weight excluding hydrogens is 248 g/mol. The van der Waals surface area contributed by atoms with Crippen LogP contribution in [0.25, 0.3) is 5.69 Å². The summed E-state index contributed by atoms with van der Waals surface area (Å²) in [4.78, 5) is 13.5. The average Bonchev–Trinajstić information content (AvgIpc) is 2.19. The average molecular weight is 255 g/mol. The number of aromatic nitrogens is 2. The zero-order chi connectivity index (χ0) is 11.7. The van der Waals surface area contributed by atoms with E-state index in [1.54, 1.807) is 24.3 Å². The van der Waals surface area contributed by atoms with Crippen LogP contribution in [-0.2, 0) is 0 Å². The number of nitrogens with zero attached hydrogens (tertiary/aromatic N) is 1. The van der Waals surface area contributed by atoms with Gasteiger partial charge in [0, 0.05) is 0 Å². The number of para-hydroxylation sites is 1. The summed E-state index contributed by atoms with van der Waals surface area (Å²) in [6.07, 6.45) is 0. The quantitative estimate of drug-likeness (QED) is 0.768. The minimum absolute atomic E-state index is 0.0955. The van der Waals surface area contributed by atoms with Gasteiger partial charge in [-0.1, -0.05) is 23.7 Å². The highest BCUT2D eigenvalue weighted by atomic mass is 35.5. The van der Waals surface area contributed by atoms with Gasteiger partial charge in [-0.25, -0.2) is 0 Å². The number of nitrogens with one attached hydrogen (secondary N) is 1. The van der Waals surface area contributed by atoms with Crippen LogP contribution in [0.5, 0.6) is 5.88 Å². The fourth-order valence-electron chi connectivity index (χ4n) is 1.35. The SMILES string of the molecule is O=c1cc(O)n(-c2ccccc2Cl)c(=S)[nH]1. The van der Waals surface area contributed by atoms with E-state index >= 15 is 0 Å². The molecule has 0 amide bonds. The van der Waals surface area contributed by atoms with Gasteiger partial charge in [-0.05, 0) is 24.4 Å². The van der Waals surface area contributed by atoms with E-state index < -0.39 is 5.56 Å². The maximum Gasteiger partial charge on any atom is 0.255 e. The first kappa shape index (κ1) is 10.9. The Hall–Kier alpha value is -1.59. The zero-order valence-corrected chi connectivity index (χ0v) is 9.55. The molecule has 16 heavy (non-hydrogen) atoms. The van der Waals surface area contributed by atoms with Crippen molar-refractivity contribution in [1.29, 1.82) is 0 Å². The minimum Gasteiger partial charge on any atom is -0.494 e. The fourth-order valence-corrected chi connectivity index (χ4v) is 1.86. The summed E-state index contributed by atoms with van der Waals surface area (Å²) in [6.45, 7) is 0. The van der Waals surface area contributed by atoms with Crippen LogP contribution in [0, 0.1) is 4.77 Å². The second-order valence-corrected chi connectivity index (χ2v) is 3.88. The van der Waals surface area contributed by atoms with Crippen molar-refractivity contribution in [2.45, 2.75) is 0 Å². The van der Waals surface area contributed by atoms with E-state index in [4.69, 9.17) is 23.8 Å². The molecule has 82 valence electrons.